The quantitative estimate of drug-likeness (QED) is 0.128. The molecule has 0 N–H and O–H groups in total. The number of hydrogen-bond donors (Lipinski definition) is 0. The van der Waals surface area contributed by atoms with Gasteiger partial charge in [0.05, 0.1) is 51.3 Å². The van der Waals surface area contributed by atoms with E-state index in [-0.39, 0.29) is 55.6 Å². The predicted octanol–water partition coefficient (Wildman–Crippen LogP) is 15.3. The van der Waals surface area contributed by atoms with Crippen molar-refractivity contribution in [3.63, 3.8) is 0 Å². The van der Waals surface area contributed by atoms with Crippen LogP contribution in [-0.2, 0) is 5.41 Å². The lowest BCUT2D eigenvalue weighted by Crippen LogP contribution is -2.32. The summed E-state index contributed by atoms with van der Waals surface area (Å²) in [5.74, 6) is 1.73. The second kappa shape index (κ2) is 14.6. The van der Waals surface area contributed by atoms with Crippen LogP contribution in [-0.4, -0.2) is 14.1 Å². The van der Waals surface area contributed by atoms with Gasteiger partial charge in [-0.25, -0.2) is 4.98 Å². The lowest BCUT2D eigenvalue weighted by atomic mass is 9.83. The van der Waals surface area contributed by atoms with Crippen LogP contribution in [0, 0.1) is 6.33 Å². The third-order valence-corrected chi connectivity index (χ3v) is 13.5. The summed E-state index contributed by atoms with van der Waals surface area (Å²) in [6.45, 7) is 4.45. The summed E-state index contributed by atoms with van der Waals surface area (Å²) in [5, 5.41) is 2.05. The largest absolute Gasteiger partial charge is 0.458 e. The number of ether oxygens (including phenoxy) is 1. The van der Waals surface area contributed by atoms with E-state index in [0.29, 0.717) is 28.2 Å². The van der Waals surface area contributed by atoms with Crippen molar-refractivity contribution in [1.29, 1.82) is 0 Å². The molecule has 2 aliphatic rings. The average molecular weight is 884 g/mol. The topological polar surface area (TPSA) is 35.9 Å². The summed E-state index contributed by atoms with van der Waals surface area (Å²) in [4.78, 5) is 5.10. The van der Waals surface area contributed by atoms with Gasteiger partial charge in [-0.15, -0.1) is 0 Å². The van der Waals surface area contributed by atoms with Gasteiger partial charge in [0.25, 0.3) is 6.33 Å². The van der Waals surface area contributed by atoms with Crippen LogP contribution in [0.25, 0.3) is 106 Å². The summed E-state index contributed by atoms with van der Waals surface area (Å²) in [5.41, 5.74) is 7.35. The Morgan fingerprint density at radius 1 is 0.515 bits per heavy atom. The average Bonchev–Trinajstić information content (AvgIpc) is 4.17. The third kappa shape index (κ3) is 5.63. The summed E-state index contributed by atoms with van der Waals surface area (Å²) in [7, 11) is 0. The zero-order chi connectivity index (χ0) is 56.4. The van der Waals surface area contributed by atoms with Gasteiger partial charge in [-0.2, -0.15) is 0 Å². The molecular formula is C63H42N4O. The molecule has 0 bridgehead atoms. The van der Waals surface area contributed by atoms with E-state index in [1.807, 2.05) is 60.8 Å². The van der Waals surface area contributed by atoms with Crippen molar-refractivity contribution in [1.82, 2.24) is 14.1 Å². The molecule has 0 saturated carbocycles. The lowest BCUT2D eigenvalue weighted by Gasteiger charge is -2.21. The number of nitrogens with zero attached hydrogens (tertiary/aromatic N) is 4. The maximum Gasteiger partial charge on any atom is 0.269 e. The zero-order valence-electron chi connectivity index (χ0n) is 49.5. The standard InChI is InChI=1S/C63H42N4O/c1-63(2)55-30-12-10-25-49(55)54-37-60(64-38-56(54)63)67-57-31-13-11-26-50(57)51-34-33-43(36-59(51)67)68-42-20-14-19-41(35-42)65-39-66-61-44(40-17-4-3-5-18-40)27-15-28-52(61)47-23-8-6-21-45(47)46-22-7-9-24-48(46)53-29-16-32-58(65)62(53)66/h3-38H,1-2H3/i3D,4D,5D,6D,7D,8D,9D,17D,18D,21D,22D,23D,24D. The molecule has 1 aliphatic carbocycles. The molecular weight excluding hydrogens is 829 g/mol. The normalized spacial score (nSPS) is 15.6. The van der Waals surface area contributed by atoms with E-state index < -0.39 is 78.6 Å². The first-order valence-corrected chi connectivity index (χ1v) is 22.2. The Hall–Kier alpha value is -8.80. The van der Waals surface area contributed by atoms with E-state index in [1.165, 1.54) is 11.1 Å². The SMILES string of the molecule is [2H]c1c([2H])c([2H])c(-c2cccc3c2-[n+]2[c-]n(-c4cccc(Oc5ccc6c7ccccc7n(-c7cc8c(cn7)C(C)(C)c7ccccc7-8)c6c5)c4)c4cccc(c42)-c2c([2H])c([2H])c([2H])c([2H])c2-c2c([2H])c([2H])c([2H])c([2H])c2-3)c([2H])c1[2H]. The maximum absolute atomic E-state index is 9.57. The Bertz CT molecular complexity index is 4800. The fourth-order valence-corrected chi connectivity index (χ4v) is 10.5. The highest BCUT2D eigenvalue weighted by atomic mass is 16.5. The van der Waals surface area contributed by atoms with E-state index in [1.54, 1.807) is 45.5 Å². The van der Waals surface area contributed by atoms with Gasteiger partial charge in [0.2, 0.25) is 0 Å². The Morgan fingerprint density at radius 3 is 1.99 bits per heavy atom. The molecule has 0 amide bonds. The molecule has 4 heterocycles. The molecule has 12 aromatic rings. The summed E-state index contributed by atoms with van der Waals surface area (Å²) in [6, 6.07) is 34.5. The smallest absolute Gasteiger partial charge is 0.269 e. The van der Waals surface area contributed by atoms with Crippen molar-refractivity contribution < 1.29 is 27.1 Å². The van der Waals surface area contributed by atoms with Gasteiger partial charge in [0, 0.05) is 28.5 Å². The first-order valence-electron chi connectivity index (χ1n) is 28.7. The molecule has 5 heteroatoms. The molecule has 5 nitrogen and oxygen atoms in total. The first kappa shape index (κ1) is 27.6. The van der Waals surface area contributed by atoms with Crippen LogP contribution in [0.4, 0.5) is 0 Å². The van der Waals surface area contributed by atoms with Crippen LogP contribution in [0.2, 0.25) is 0 Å². The Morgan fingerprint density at radius 2 is 1.15 bits per heavy atom. The van der Waals surface area contributed by atoms with Crippen LogP contribution in [0.15, 0.2) is 218 Å². The molecule has 68 heavy (non-hydrogen) atoms. The molecule has 3 aromatic heterocycles. The number of pyridine rings is 1. The van der Waals surface area contributed by atoms with Gasteiger partial charge in [-0.1, -0.05) is 177 Å². The minimum absolute atomic E-state index is 0.0522. The monoisotopic (exact) mass is 883 g/mol. The van der Waals surface area contributed by atoms with Crippen molar-refractivity contribution in [2.24, 2.45) is 0 Å². The molecule has 0 unspecified atom stereocenters. The Labute approximate surface area is 412 Å². The highest BCUT2D eigenvalue weighted by Gasteiger charge is 2.36. The first-order chi connectivity index (χ1) is 38.9. The van der Waals surface area contributed by atoms with Gasteiger partial charge in [-0.3, -0.25) is 13.7 Å². The summed E-state index contributed by atoms with van der Waals surface area (Å²) < 4.78 is 131. The minimum atomic E-state index is -0.641. The Balaban J connectivity index is 0.996. The fraction of sp³-hybridized carbons (Fsp3) is 0.0476. The van der Waals surface area contributed by atoms with Gasteiger partial charge in [0.15, 0.2) is 0 Å². The van der Waals surface area contributed by atoms with Crippen molar-refractivity contribution in [3.8, 4) is 84.3 Å². The summed E-state index contributed by atoms with van der Waals surface area (Å²) >= 11 is 0. The van der Waals surface area contributed by atoms with Crippen molar-refractivity contribution in [3.05, 3.63) is 236 Å². The number of fused-ring (bicyclic) bond motifs is 13. The van der Waals surface area contributed by atoms with Gasteiger partial charge in [-0.05, 0) is 109 Å². The second-order valence-electron chi connectivity index (χ2n) is 17.5. The third-order valence-electron chi connectivity index (χ3n) is 13.5. The molecule has 0 radical (unpaired) electrons. The number of imidazole rings is 1. The van der Waals surface area contributed by atoms with Crippen LogP contribution in [0.3, 0.4) is 0 Å². The number of aromatic nitrogens is 4. The van der Waals surface area contributed by atoms with Crippen LogP contribution < -0.4 is 9.30 Å². The van der Waals surface area contributed by atoms with E-state index >= 15 is 0 Å². The molecule has 0 saturated heterocycles. The molecule has 320 valence electrons. The zero-order valence-corrected chi connectivity index (χ0v) is 36.5. The molecule has 0 atom stereocenters. The molecule has 9 aromatic carbocycles. The molecule has 0 fully saturated rings. The van der Waals surface area contributed by atoms with E-state index in [0.717, 1.165) is 38.8 Å². The lowest BCUT2D eigenvalue weighted by molar-refractivity contribution is -0.570. The fourth-order valence-electron chi connectivity index (χ4n) is 10.5. The van der Waals surface area contributed by atoms with Gasteiger partial charge >= 0.3 is 0 Å². The summed E-state index contributed by atoms with van der Waals surface area (Å²) in [6.07, 6.45) is 5.48. The van der Waals surface area contributed by atoms with Crippen molar-refractivity contribution >= 4 is 32.8 Å². The van der Waals surface area contributed by atoms with Crippen LogP contribution in [0.1, 0.15) is 42.8 Å². The van der Waals surface area contributed by atoms with Gasteiger partial charge < -0.3 is 4.74 Å². The molecule has 0 spiro atoms. The minimum Gasteiger partial charge on any atom is -0.458 e. The number of para-hydroxylation sites is 3. The number of rotatable bonds is 5. The second-order valence-corrected chi connectivity index (χ2v) is 17.5. The van der Waals surface area contributed by atoms with Crippen molar-refractivity contribution in [2.75, 3.05) is 0 Å². The number of hydrogen-bond acceptors (Lipinski definition) is 2. The Kier molecular flexibility index (Phi) is 5.93. The predicted molar refractivity (Wildman–Crippen MR) is 275 cm³/mol. The van der Waals surface area contributed by atoms with Crippen LogP contribution >= 0.6 is 0 Å². The highest BCUT2D eigenvalue weighted by Crippen LogP contribution is 2.50. The number of benzene rings is 9. The molecule has 1 aliphatic heterocycles. The van der Waals surface area contributed by atoms with Gasteiger partial charge in [0.1, 0.15) is 17.3 Å². The van der Waals surface area contributed by atoms with Crippen LogP contribution in [0.5, 0.6) is 11.5 Å². The van der Waals surface area contributed by atoms with Crippen molar-refractivity contribution in [2.45, 2.75) is 19.3 Å². The molecule has 14 rings (SSSR count). The maximum atomic E-state index is 9.57. The van der Waals surface area contributed by atoms with E-state index in [9.17, 15) is 8.22 Å². The highest BCUT2D eigenvalue weighted by molar-refractivity contribution is 6.09. The van der Waals surface area contributed by atoms with E-state index in [4.69, 9.17) is 19.3 Å². The van der Waals surface area contributed by atoms with E-state index in [2.05, 4.69) is 67.2 Å².